The smallest absolute Gasteiger partial charge is 0.246 e. The number of hydrogen-bond acceptors (Lipinski definition) is 3. The number of nitrogen functional groups attached to an aromatic ring is 1. The third-order valence-corrected chi connectivity index (χ3v) is 2.73. The van der Waals surface area contributed by atoms with Gasteiger partial charge in [-0.2, -0.15) is 0 Å². The molecule has 1 aromatic carbocycles. The first-order valence-electron chi connectivity index (χ1n) is 6.02. The molecule has 0 aliphatic carbocycles. The van der Waals surface area contributed by atoms with Crippen LogP contribution in [0.25, 0.3) is 6.08 Å². The van der Waals surface area contributed by atoms with E-state index in [1.165, 1.54) is 0 Å². The van der Waals surface area contributed by atoms with Crippen molar-refractivity contribution in [2.24, 2.45) is 0 Å². The Kier molecular flexibility index (Phi) is 5.24. The molecule has 0 saturated carbocycles. The van der Waals surface area contributed by atoms with Crippen LogP contribution in [-0.4, -0.2) is 31.0 Å². The second-order valence-corrected chi connectivity index (χ2v) is 3.85. The molecule has 0 spiro atoms. The first-order chi connectivity index (χ1) is 8.62. The quantitative estimate of drug-likeness (QED) is 0.641. The van der Waals surface area contributed by atoms with Crippen LogP contribution in [0, 0.1) is 0 Å². The predicted octanol–water partition coefficient (Wildman–Crippen LogP) is 2.16. The van der Waals surface area contributed by atoms with Crippen LogP contribution >= 0.6 is 0 Å². The summed E-state index contributed by atoms with van der Waals surface area (Å²) in [5.74, 6) is 0.692. The summed E-state index contributed by atoms with van der Waals surface area (Å²) in [6.07, 6.45) is 3.28. The summed E-state index contributed by atoms with van der Waals surface area (Å²) in [6.45, 7) is 5.31. The molecule has 98 valence electrons. The zero-order valence-corrected chi connectivity index (χ0v) is 11.1. The number of carbonyl (C=O) groups excluding carboxylic acids is 1. The second-order valence-electron chi connectivity index (χ2n) is 3.85. The molecule has 0 aromatic heterocycles. The van der Waals surface area contributed by atoms with E-state index in [9.17, 15) is 4.79 Å². The number of amides is 1. The van der Waals surface area contributed by atoms with Gasteiger partial charge in [0.1, 0.15) is 5.75 Å². The fourth-order valence-electron chi connectivity index (χ4n) is 1.68. The van der Waals surface area contributed by atoms with E-state index in [0.717, 1.165) is 5.56 Å². The molecule has 4 nitrogen and oxygen atoms in total. The number of anilines is 1. The number of methoxy groups -OCH3 is 1. The molecule has 0 unspecified atom stereocenters. The molecular weight excluding hydrogens is 228 g/mol. The van der Waals surface area contributed by atoms with E-state index in [0.29, 0.717) is 24.5 Å². The first-order valence-corrected chi connectivity index (χ1v) is 6.02. The molecule has 0 aliphatic heterocycles. The number of hydrogen-bond donors (Lipinski definition) is 1. The minimum atomic E-state index is -0.00974. The van der Waals surface area contributed by atoms with Crippen molar-refractivity contribution in [3.63, 3.8) is 0 Å². The molecular formula is C14H20N2O2. The number of rotatable bonds is 5. The van der Waals surface area contributed by atoms with E-state index in [1.54, 1.807) is 42.4 Å². The maximum absolute atomic E-state index is 11.8. The lowest BCUT2D eigenvalue weighted by Crippen LogP contribution is -2.28. The number of likely N-dealkylation sites (N-methyl/N-ethyl adjacent to an activating group) is 1. The lowest BCUT2D eigenvalue weighted by atomic mass is 10.1. The lowest BCUT2D eigenvalue weighted by Gasteiger charge is -2.16. The fraction of sp³-hybridized carbons (Fsp3) is 0.357. The Hall–Kier alpha value is -1.97. The van der Waals surface area contributed by atoms with Crippen molar-refractivity contribution in [3.8, 4) is 5.75 Å². The molecule has 1 rings (SSSR count). The maximum Gasteiger partial charge on any atom is 0.246 e. The van der Waals surface area contributed by atoms with Crippen LogP contribution in [0.15, 0.2) is 24.3 Å². The third-order valence-electron chi connectivity index (χ3n) is 2.73. The Labute approximate surface area is 108 Å². The normalized spacial score (nSPS) is 10.6. The standard InChI is InChI=1S/C14H20N2O2/c1-4-16(5-2)14(17)9-6-11-10-12(15)7-8-13(11)18-3/h6-10H,4-5,15H2,1-3H3. The highest BCUT2D eigenvalue weighted by molar-refractivity contribution is 5.92. The van der Waals surface area contributed by atoms with E-state index >= 15 is 0 Å². The molecule has 0 saturated heterocycles. The number of carbonyl (C=O) groups is 1. The van der Waals surface area contributed by atoms with Crippen LogP contribution in [0.1, 0.15) is 19.4 Å². The highest BCUT2D eigenvalue weighted by atomic mass is 16.5. The lowest BCUT2D eigenvalue weighted by molar-refractivity contribution is -0.125. The van der Waals surface area contributed by atoms with Crippen molar-refractivity contribution in [1.29, 1.82) is 0 Å². The van der Waals surface area contributed by atoms with Crippen LogP contribution in [0.4, 0.5) is 5.69 Å². The average Bonchev–Trinajstić information content (AvgIpc) is 2.38. The maximum atomic E-state index is 11.8. The molecule has 2 N–H and O–H groups in total. The van der Waals surface area contributed by atoms with Gasteiger partial charge in [-0.3, -0.25) is 4.79 Å². The van der Waals surface area contributed by atoms with Gasteiger partial charge in [0.2, 0.25) is 5.91 Å². The first kappa shape index (κ1) is 14.1. The minimum absolute atomic E-state index is 0.00974. The third kappa shape index (κ3) is 3.52. The van der Waals surface area contributed by atoms with Crippen LogP contribution < -0.4 is 10.5 Å². The Bertz CT molecular complexity index is 437. The highest BCUT2D eigenvalue weighted by Crippen LogP contribution is 2.22. The molecule has 0 heterocycles. The van der Waals surface area contributed by atoms with Gasteiger partial charge >= 0.3 is 0 Å². The van der Waals surface area contributed by atoms with E-state index in [-0.39, 0.29) is 5.91 Å². The van der Waals surface area contributed by atoms with Crippen LogP contribution in [-0.2, 0) is 4.79 Å². The van der Waals surface area contributed by atoms with Crippen molar-refractivity contribution < 1.29 is 9.53 Å². The van der Waals surface area contributed by atoms with Crippen molar-refractivity contribution in [3.05, 3.63) is 29.8 Å². The zero-order chi connectivity index (χ0) is 13.5. The molecule has 0 radical (unpaired) electrons. The largest absolute Gasteiger partial charge is 0.496 e. The summed E-state index contributed by atoms with van der Waals surface area (Å²) >= 11 is 0. The summed E-state index contributed by atoms with van der Waals surface area (Å²) < 4.78 is 5.21. The summed E-state index contributed by atoms with van der Waals surface area (Å²) in [7, 11) is 1.59. The molecule has 4 heteroatoms. The van der Waals surface area contributed by atoms with Crippen molar-refractivity contribution >= 4 is 17.7 Å². The summed E-state index contributed by atoms with van der Waals surface area (Å²) in [5.41, 5.74) is 7.16. The average molecular weight is 248 g/mol. The van der Waals surface area contributed by atoms with Crippen molar-refractivity contribution in [2.75, 3.05) is 25.9 Å². The number of benzene rings is 1. The van der Waals surface area contributed by atoms with E-state index in [2.05, 4.69) is 0 Å². The number of ether oxygens (including phenoxy) is 1. The Morgan fingerprint density at radius 2 is 2.06 bits per heavy atom. The molecule has 0 aliphatic rings. The van der Waals surface area contributed by atoms with E-state index in [4.69, 9.17) is 10.5 Å². The molecule has 1 aromatic rings. The van der Waals surface area contributed by atoms with Crippen molar-refractivity contribution in [2.45, 2.75) is 13.8 Å². The van der Waals surface area contributed by atoms with Crippen LogP contribution in [0.5, 0.6) is 5.75 Å². The van der Waals surface area contributed by atoms with Gasteiger partial charge in [0.05, 0.1) is 7.11 Å². The van der Waals surface area contributed by atoms with E-state index in [1.807, 2.05) is 13.8 Å². The zero-order valence-electron chi connectivity index (χ0n) is 11.1. The number of nitrogens with zero attached hydrogens (tertiary/aromatic N) is 1. The SMILES string of the molecule is CCN(CC)C(=O)C=Cc1cc(N)ccc1OC. The monoisotopic (exact) mass is 248 g/mol. The minimum Gasteiger partial charge on any atom is -0.496 e. The predicted molar refractivity (Wildman–Crippen MR) is 74.4 cm³/mol. The van der Waals surface area contributed by atoms with Crippen molar-refractivity contribution in [1.82, 2.24) is 4.90 Å². The van der Waals surface area contributed by atoms with Crippen LogP contribution in [0.2, 0.25) is 0 Å². The van der Waals surface area contributed by atoms with Gasteiger partial charge < -0.3 is 15.4 Å². The van der Waals surface area contributed by atoms with Gasteiger partial charge in [-0.05, 0) is 38.1 Å². The molecule has 0 atom stereocenters. The summed E-state index contributed by atoms with van der Waals surface area (Å²) in [4.78, 5) is 13.6. The van der Waals surface area contributed by atoms with Gasteiger partial charge in [0.25, 0.3) is 0 Å². The summed E-state index contributed by atoms with van der Waals surface area (Å²) in [5, 5.41) is 0. The summed E-state index contributed by atoms with van der Waals surface area (Å²) in [6, 6.07) is 5.34. The fourth-order valence-corrected chi connectivity index (χ4v) is 1.68. The van der Waals surface area contributed by atoms with E-state index < -0.39 is 0 Å². The molecule has 18 heavy (non-hydrogen) atoms. The number of nitrogens with two attached hydrogens (primary N) is 1. The van der Waals surface area contributed by atoms with Gasteiger partial charge in [0.15, 0.2) is 0 Å². The van der Waals surface area contributed by atoms with Gasteiger partial charge in [-0.25, -0.2) is 0 Å². The van der Waals surface area contributed by atoms with Gasteiger partial charge in [0, 0.05) is 30.4 Å². The van der Waals surface area contributed by atoms with Gasteiger partial charge in [-0.1, -0.05) is 0 Å². The topological polar surface area (TPSA) is 55.6 Å². The second kappa shape index (κ2) is 6.69. The Morgan fingerprint density at radius 1 is 1.39 bits per heavy atom. The molecule has 0 bridgehead atoms. The highest BCUT2D eigenvalue weighted by Gasteiger charge is 2.06. The van der Waals surface area contributed by atoms with Crippen LogP contribution in [0.3, 0.4) is 0 Å². The van der Waals surface area contributed by atoms with Gasteiger partial charge in [-0.15, -0.1) is 0 Å². The molecule has 1 amide bonds. The Morgan fingerprint density at radius 3 is 2.61 bits per heavy atom. The Balaban J connectivity index is 2.89. The molecule has 0 fully saturated rings.